The molecule has 0 saturated heterocycles. The van der Waals surface area contributed by atoms with Crippen LogP contribution in [-0.2, 0) is 29.3 Å². The van der Waals surface area contributed by atoms with Crippen LogP contribution in [0.15, 0.2) is 54.6 Å². The average Bonchev–Trinajstić information content (AvgIpc) is 3.06. The molecule has 0 heterocycles. The third kappa shape index (κ3) is 5.68. The number of carbonyl (C=O) groups is 1. The molecule has 138 valence electrons. The lowest BCUT2D eigenvalue weighted by Gasteiger charge is -2.15. The number of rotatable bonds is 8. The maximum Gasteiger partial charge on any atom is 0.220 e. The third-order valence-corrected chi connectivity index (χ3v) is 5.03. The van der Waals surface area contributed by atoms with E-state index in [-0.39, 0.29) is 11.9 Å². The predicted octanol–water partition coefficient (Wildman–Crippen LogP) is 3.54. The van der Waals surface area contributed by atoms with Crippen molar-refractivity contribution in [2.45, 2.75) is 51.5 Å². The van der Waals surface area contributed by atoms with E-state index in [9.17, 15) is 4.79 Å². The highest BCUT2D eigenvalue weighted by molar-refractivity contribution is 5.76. The molecule has 1 aliphatic carbocycles. The second kappa shape index (κ2) is 9.51. The first kappa shape index (κ1) is 18.6. The molecule has 0 radical (unpaired) electrons. The third-order valence-electron chi connectivity index (χ3n) is 5.03. The van der Waals surface area contributed by atoms with Crippen LogP contribution in [-0.4, -0.2) is 11.9 Å². The molecule has 0 aliphatic heterocycles. The molecule has 3 rings (SSSR count). The number of nitrogens with two attached hydrogens (primary N) is 1. The zero-order valence-electron chi connectivity index (χ0n) is 15.2. The van der Waals surface area contributed by atoms with Gasteiger partial charge in [-0.1, -0.05) is 61.0 Å². The molecule has 1 amide bonds. The minimum atomic E-state index is 0.0954. The second-order valence-electron chi connectivity index (χ2n) is 7.13. The van der Waals surface area contributed by atoms with Gasteiger partial charge < -0.3 is 15.8 Å². The molecule has 0 unspecified atom stereocenters. The molecule has 2 aromatic rings. The Balaban J connectivity index is 1.42. The van der Waals surface area contributed by atoms with E-state index >= 15 is 0 Å². The Morgan fingerprint density at radius 3 is 2.50 bits per heavy atom. The molecule has 0 bridgehead atoms. The van der Waals surface area contributed by atoms with Crippen LogP contribution >= 0.6 is 0 Å². The van der Waals surface area contributed by atoms with Gasteiger partial charge in [0, 0.05) is 19.0 Å². The van der Waals surface area contributed by atoms with Crippen LogP contribution in [0.25, 0.3) is 0 Å². The van der Waals surface area contributed by atoms with Gasteiger partial charge in [-0.25, -0.2) is 0 Å². The van der Waals surface area contributed by atoms with Crippen LogP contribution < -0.4 is 11.1 Å². The molecule has 2 atom stereocenters. The van der Waals surface area contributed by atoms with Gasteiger partial charge in [-0.05, 0) is 35.4 Å². The highest BCUT2D eigenvalue weighted by Crippen LogP contribution is 2.26. The Kier molecular flexibility index (Phi) is 6.81. The molecule has 4 heteroatoms. The topological polar surface area (TPSA) is 64.4 Å². The fourth-order valence-corrected chi connectivity index (χ4v) is 3.52. The summed E-state index contributed by atoms with van der Waals surface area (Å²) in [5, 5.41) is 3.02. The Morgan fingerprint density at radius 2 is 1.73 bits per heavy atom. The van der Waals surface area contributed by atoms with Gasteiger partial charge in [-0.2, -0.15) is 0 Å². The molecule has 26 heavy (non-hydrogen) atoms. The van der Waals surface area contributed by atoms with Crippen LogP contribution in [0, 0.1) is 5.92 Å². The van der Waals surface area contributed by atoms with Crippen molar-refractivity contribution in [2.75, 3.05) is 0 Å². The first-order chi connectivity index (χ1) is 12.7. The molecule has 0 spiro atoms. The summed E-state index contributed by atoms with van der Waals surface area (Å²) in [4.78, 5) is 12.1. The van der Waals surface area contributed by atoms with Crippen LogP contribution in [0.5, 0.6) is 0 Å². The minimum absolute atomic E-state index is 0.0954. The van der Waals surface area contributed by atoms with E-state index in [0.717, 1.165) is 30.4 Å². The molecular formula is C22H28N2O2. The maximum absolute atomic E-state index is 12.1. The van der Waals surface area contributed by atoms with Gasteiger partial charge in [0.05, 0.1) is 13.2 Å². The summed E-state index contributed by atoms with van der Waals surface area (Å²) >= 11 is 0. The Labute approximate surface area is 155 Å². The van der Waals surface area contributed by atoms with E-state index in [1.54, 1.807) is 0 Å². The van der Waals surface area contributed by atoms with Crippen LogP contribution in [0.4, 0.5) is 0 Å². The Hall–Kier alpha value is -2.17. The van der Waals surface area contributed by atoms with E-state index in [0.29, 0.717) is 32.1 Å². The standard InChI is InChI=1S/C22H28N2O2/c23-21-11-5-10-20(21)13-22(25)24-14-18-8-4-9-19(12-18)16-26-15-17-6-2-1-3-7-17/h1-4,6-9,12,20-21H,5,10-11,13-16,23H2,(H,24,25)/t20-,21+/m0/s1. The van der Waals surface area contributed by atoms with Crippen molar-refractivity contribution in [3.8, 4) is 0 Å². The molecule has 1 aliphatic rings. The number of ether oxygens (including phenoxy) is 1. The van der Waals surface area contributed by atoms with Crippen molar-refractivity contribution in [2.24, 2.45) is 11.7 Å². The minimum Gasteiger partial charge on any atom is -0.372 e. The van der Waals surface area contributed by atoms with Crippen molar-refractivity contribution in [3.05, 3.63) is 71.3 Å². The van der Waals surface area contributed by atoms with Gasteiger partial charge in [-0.3, -0.25) is 4.79 Å². The second-order valence-corrected chi connectivity index (χ2v) is 7.13. The van der Waals surface area contributed by atoms with Crippen LogP contribution in [0.3, 0.4) is 0 Å². The van der Waals surface area contributed by atoms with Crippen molar-refractivity contribution < 1.29 is 9.53 Å². The molecular weight excluding hydrogens is 324 g/mol. The summed E-state index contributed by atoms with van der Waals surface area (Å²) in [5.74, 6) is 0.436. The summed E-state index contributed by atoms with van der Waals surface area (Å²) in [5.41, 5.74) is 9.43. The highest BCUT2D eigenvalue weighted by Gasteiger charge is 2.25. The lowest BCUT2D eigenvalue weighted by atomic mass is 10.00. The molecule has 1 fully saturated rings. The van der Waals surface area contributed by atoms with E-state index in [4.69, 9.17) is 10.5 Å². The van der Waals surface area contributed by atoms with Gasteiger partial charge in [0.1, 0.15) is 0 Å². The number of hydrogen-bond acceptors (Lipinski definition) is 3. The molecule has 1 saturated carbocycles. The van der Waals surface area contributed by atoms with Gasteiger partial charge in [0.25, 0.3) is 0 Å². The molecule has 4 nitrogen and oxygen atoms in total. The number of hydrogen-bond donors (Lipinski definition) is 2. The Morgan fingerprint density at radius 1 is 1.00 bits per heavy atom. The quantitative estimate of drug-likeness (QED) is 0.764. The Bertz CT molecular complexity index is 702. The van der Waals surface area contributed by atoms with Crippen molar-refractivity contribution in [3.63, 3.8) is 0 Å². The van der Waals surface area contributed by atoms with E-state index < -0.39 is 0 Å². The van der Waals surface area contributed by atoms with E-state index in [1.807, 2.05) is 36.4 Å². The summed E-state index contributed by atoms with van der Waals surface area (Å²) in [6.45, 7) is 1.71. The zero-order valence-corrected chi connectivity index (χ0v) is 15.2. The summed E-state index contributed by atoms with van der Waals surface area (Å²) in [6.07, 6.45) is 3.80. The monoisotopic (exact) mass is 352 g/mol. The lowest BCUT2D eigenvalue weighted by Crippen LogP contribution is -2.31. The van der Waals surface area contributed by atoms with Crippen LogP contribution in [0.2, 0.25) is 0 Å². The zero-order chi connectivity index (χ0) is 18.2. The average molecular weight is 352 g/mol. The van der Waals surface area contributed by atoms with Crippen molar-refractivity contribution >= 4 is 5.91 Å². The fourth-order valence-electron chi connectivity index (χ4n) is 3.52. The largest absolute Gasteiger partial charge is 0.372 e. The van der Waals surface area contributed by atoms with E-state index in [1.165, 1.54) is 5.56 Å². The molecule has 0 aromatic heterocycles. The maximum atomic E-state index is 12.1. The molecule has 3 N–H and O–H groups in total. The van der Waals surface area contributed by atoms with Gasteiger partial charge in [0.2, 0.25) is 5.91 Å². The first-order valence-corrected chi connectivity index (χ1v) is 9.42. The van der Waals surface area contributed by atoms with Crippen molar-refractivity contribution in [1.29, 1.82) is 0 Å². The summed E-state index contributed by atoms with van der Waals surface area (Å²) in [7, 11) is 0. The summed E-state index contributed by atoms with van der Waals surface area (Å²) in [6, 6.07) is 18.5. The number of amides is 1. The van der Waals surface area contributed by atoms with Gasteiger partial charge in [0.15, 0.2) is 0 Å². The van der Waals surface area contributed by atoms with Crippen LogP contribution in [0.1, 0.15) is 42.4 Å². The number of nitrogens with one attached hydrogen (secondary N) is 1. The SMILES string of the molecule is N[C@@H]1CCC[C@H]1CC(=O)NCc1cccc(COCc2ccccc2)c1. The predicted molar refractivity (Wildman–Crippen MR) is 103 cm³/mol. The highest BCUT2D eigenvalue weighted by atomic mass is 16.5. The molecule has 2 aromatic carbocycles. The van der Waals surface area contributed by atoms with Gasteiger partial charge in [-0.15, -0.1) is 0 Å². The number of benzene rings is 2. The van der Waals surface area contributed by atoms with Gasteiger partial charge >= 0.3 is 0 Å². The summed E-state index contributed by atoms with van der Waals surface area (Å²) < 4.78 is 5.79. The normalized spacial score (nSPS) is 19.4. The lowest BCUT2D eigenvalue weighted by molar-refractivity contribution is -0.122. The fraction of sp³-hybridized carbons (Fsp3) is 0.409. The first-order valence-electron chi connectivity index (χ1n) is 9.42. The van der Waals surface area contributed by atoms with Crippen molar-refractivity contribution in [1.82, 2.24) is 5.32 Å². The van der Waals surface area contributed by atoms with E-state index in [2.05, 4.69) is 23.5 Å². The number of carbonyl (C=O) groups excluding carboxylic acids is 1. The smallest absolute Gasteiger partial charge is 0.220 e.